The van der Waals surface area contributed by atoms with Gasteiger partial charge in [-0.2, -0.15) is 9.97 Å². The predicted molar refractivity (Wildman–Crippen MR) is 87.5 cm³/mol. The lowest BCUT2D eigenvalue weighted by molar-refractivity contribution is -0.125. The molecule has 0 amide bonds. The third kappa shape index (κ3) is 3.63. The summed E-state index contributed by atoms with van der Waals surface area (Å²) in [6.07, 6.45) is 9.28. The second-order valence-electron chi connectivity index (χ2n) is 6.81. The Balaban J connectivity index is 1.53. The molecule has 23 heavy (non-hydrogen) atoms. The number of carbonyl (C=O) groups is 1. The van der Waals surface area contributed by atoms with Crippen LogP contribution in [0.25, 0.3) is 0 Å². The predicted octanol–water partition coefficient (Wildman–Crippen LogP) is 2.06. The second kappa shape index (κ2) is 6.83. The van der Waals surface area contributed by atoms with Crippen molar-refractivity contribution in [2.45, 2.75) is 63.6 Å². The van der Waals surface area contributed by atoms with Gasteiger partial charge in [0.05, 0.1) is 17.8 Å². The topological polar surface area (TPSA) is 67.3 Å². The van der Waals surface area contributed by atoms with E-state index in [1.807, 2.05) is 13.8 Å². The largest absolute Gasteiger partial charge is 0.461 e. The summed E-state index contributed by atoms with van der Waals surface area (Å²) in [6, 6.07) is 2.47. The van der Waals surface area contributed by atoms with Crippen molar-refractivity contribution in [1.82, 2.24) is 14.9 Å². The van der Waals surface area contributed by atoms with Gasteiger partial charge in [-0.05, 0) is 46.0 Å². The van der Waals surface area contributed by atoms with Crippen LogP contribution in [0.1, 0.15) is 46.0 Å². The van der Waals surface area contributed by atoms with Crippen LogP contribution in [0.15, 0.2) is 6.07 Å². The number of nitrogens with zero attached hydrogens (tertiary/aromatic N) is 3. The lowest BCUT2D eigenvalue weighted by Crippen LogP contribution is -2.58. The summed E-state index contributed by atoms with van der Waals surface area (Å²) in [4.78, 5) is 22.2. The molecule has 0 atom stereocenters. The van der Waals surface area contributed by atoms with E-state index < -0.39 is 0 Å². The SMILES string of the molecule is CC(C)Oc1n[c]cc(NC2CCN(C3(C=O)CCC3)CC2)n1. The third-order valence-electron chi connectivity index (χ3n) is 4.83. The Morgan fingerprint density at radius 3 is 2.74 bits per heavy atom. The summed E-state index contributed by atoms with van der Waals surface area (Å²) in [7, 11) is 0. The van der Waals surface area contributed by atoms with E-state index in [1.165, 1.54) is 12.7 Å². The smallest absolute Gasteiger partial charge is 0.319 e. The first-order chi connectivity index (χ1) is 11.1. The monoisotopic (exact) mass is 317 g/mol. The molecule has 6 nitrogen and oxygen atoms in total. The zero-order valence-corrected chi connectivity index (χ0v) is 13.9. The molecule has 125 valence electrons. The van der Waals surface area contributed by atoms with Gasteiger partial charge in [0.15, 0.2) is 0 Å². The number of hydrogen-bond donors (Lipinski definition) is 1. The van der Waals surface area contributed by atoms with Crippen LogP contribution in [0.3, 0.4) is 0 Å². The van der Waals surface area contributed by atoms with E-state index in [0.717, 1.165) is 44.6 Å². The molecule has 1 aliphatic carbocycles. The summed E-state index contributed by atoms with van der Waals surface area (Å²) < 4.78 is 5.50. The van der Waals surface area contributed by atoms with E-state index >= 15 is 0 Å². The van der Waals surface area contributed by atoms with Crippen molar-refractivity contribution >= 4 is 12.1 Å². The quantitative estimate of drug-likeness (QED) is 0.810. The summed E-state index contributed by atoms with van der Waals surface area (Å²) in [5.41, 5.74) is -0.161. The molecule has 6 heteroatoms. The molecule has 1 saturated carbocycles. The third-order valence-corrected chi connectivity index (χ3v) is 4.83. The highest BCUT2D eigenvalue weighted by atomic mass is 16.5. The average Bonchev–Trinajstić information content (AvgIpc) is 2.48. The summed E-state index contributed by atoms with van der Waals surface area (Å²) in [5.74, 6) is 0.753. The van der Waals surface area contributed by atoms with E-state index in [4.69, 9.17) is 4.74 Å². The van der Waals surface area contributed by atoms with Crippen molar-refractivity contribution in [2.75, 3.05) is 18.4 Å². The van der Waals surface area contributed by atoms with Crippen molar-refractivity contribution in [2.24, 2.45) is 0 Å². The van der Waals surface area contributed by atoms with Crippen LogP contribution in [0, 0.1) is 6.20 Å². The van der Waals surface area contributed by atoms with Gasteiger partial charge in [-0.3, -0.25) is 4.90 Å². The Hall–Kier alpha value is -1.69. The molecule has 0 spiro atoms. The van der Waals surface area contributed by atoms with Gasteiger partial charge < -0.3 is 14.8 Å². The van der Waals surface area contributed by atoms with E-state index in [-0.39, 0.29) is 11.6 Å². The van der Waals surface area contributed by atoms with Crippen LogP contribution in [0.2, 0.25) is 0 Å². The van der Waals surface area contributed by atoms with E-state index in [2.05, 4.69) is 26.4 Å². The maximum Gasteiger partial charge on any atom is 0.319 e. The van der Waals surface area contributed by atoms with Crippen LogP contribution in [-0.2, 0) is 4.79 Å². The van der Waals surface area contributed by atoms with Crippen molar-refractivity contribution < 1.29 is 9.53 Å². The zero-order valence-electron chi connectivity index (χ0n) is 13.9. The molecule has 0 bridgehead atoms. The second-order valence-corrected chi connectivity index (χ2v) is 6.81. The first-order valence-corrected chi connectivity index (χ1v) is 8.51. The Labute approximate surface area is 137 Å². The summed E-state index contributed by atoms with van der Waals surface area (Å²) in [6.45, 7) is 5.81. The van der Waals surface area contributed by atoms with Crippen LogP contribution in [-0.4, -0.2) is 51.9 Å². The summed E-state index contributed by atoms with van der Waals surface area (Å²) >= 11 is 0. The molecule has 3 rings (SSSR count). The average molecular weight is 317 g/mol. The maximum absolute atomic E-state index is 11.4. The number of aldehydes is 1. The lowest BCUT2D eigenvalue weighted by atomic mass is 9.75. The van der Waals surface area contributed by atoms with E-state index in [9.17, 15) is 4.79 Å². The van der Waals surface area contributed by atoms with Gasteiger partial charge >= 0.3 is 6.01 Å². The number of ether oxygens (including phenoxy) is 1. The number of anilines is 1. The molecule has 0 aromatic carbocycles. The number of aromatic nitrogens is 2. The standard InChI is InChI=1S/C17H25N4O2/c1-13(2)23-16-18-9-4-15(20-16)19-14-5-10-21(11-6-14)17(12-22)7-3-8-17/h4,12-14H,3,5-8,10-11H2,1-2H3,(H,18,19,20). The minimum absolute atomic E-state index is 0.0453. The fraction of sp³-hybridized carbons (Fsp3) is 0.706. The Bertz CT molecular complexity index is 537. The molecule has 1 N–H and O–H groups in total. The molecule has 1 aromatic rings. The fourth-order valence-electron chi connectivity index (χ4n) is 3.37. The number of rotatable bonds is 6. The highest BCUT2D eigenvalue weighted by molar-refractivity contribution is 5.66. The molecular weight excluding hydrogens is 292 g/mol. The van der Waals surface area contributed by atoms with Crippen molar-refractivity contribution in [3.63, 3.8) is 0 Å². The first kappa shape index (κ1) is 16.2. The molecule has 1 radical (unpaired) electrons. The van der Waals surface area contributed by atoms with E-state index in [1.54, 1.807) is 6.07 Å². The lowest BCUT2D eigenvalue weighted by Gasteiger charge is -2.49. The molecule has 2 fully saturated rings. The normalized spacial score (nSPS) is 21.7. The van der Waals surface area contributed by atoms with Gasteiger partial charge in [0, 0.05) is 25.2 Å². The fourth-order valence-corrected chi connectivity index (χ4v) is 3.37. The summed E-state index contributed by atoms with van der Waals surface area (Å²) in [5, 5.41) is 3.44. The molecule has 1 saturated heterocycles. The van der Waals surface area contributed by atoms with Crippen molar-refractivity contribution in [3.05, 3.63) is 12.3 Å². The number of nitrogens with one attached hydrogen (secondary N) is 1. The minimum atomic E-state index is -0.161. The highest BCUT2D eigenvalue weighted by Crippen LogP contribution is 2.37. The Morgan fingerprint density at radius 2 is 2.17 bits per heavy atom. The van der Waals surface area contributed by atoms with Crippen LogP contribution in [0.4, 0.5) is 5.82 Å². The zero-order chi connectivity index (χ0) is 16.3. The maximum atomic E-state index is 11.4. The molecular formula is C17H25N4O2. The van der Waals surface area contributed by atoms with Crippen LogP contribution >= 0.6 is 0 Å². The highest BCUT2D eigenvalue weighted by Gasteiger charge is 2.43. The Morgan fingerprint density at radius 1 is 1.43 bits per heavy atom. The molecule has 2 heterocycles. The van der Waals surface area contributed by atoms with Gasteiger partial charge in [0.1, 0.15) is 12.1 Å². The van der Waals surface area contributed by atoms with Gasteiger partial charge in [-0.1, -0.05) is 0 Å². The number of likely N-dealkylation sites (tertiary alicyclic amines) is 1. The number of hydrogen-bond acceptors (Lipinski definition) is 6. The van der Waals surface area contributed by atoms with Crippen LogP contribution < -0.4 is 10.1 Å². The van der Waals surface area contributed by atoms with Gasteiger partial charge in [0.25, 0.3) is 0 Å². The molecule has 0 unspecified atom stereocenters. The minimum Gasteiger partial charge on any atom is -0.461 e. The number of carbonyl (C=O) groups excluding carboxylic acids is 1. The van der Waals surface area contributed by atoms with Gasteiger partial charge in [0.2, 0.25) is 0 Å². The van der Waals surface area contributed by atoms with Crippen LogP contribution in [0.5, 0.6) is 6.01 Å². The molecule has 2 aliphatic rings. The Kier molecular flexibility index (Phi) is 4.80. The molecule has 1 aromatic heterocycles. The van der Waals surface area contributed by atoms with Crippen molar-refractivity contribution in [1.29, 1.82) is 0 Å². The van der Waals surface area contributed by atoms with E-state index in [0.29, 0.717) is 12.1 Å². The molecule has 1 aliphatic heterocycles. The van der Waals surface area contributed by atoms with Crippen molar-refractivity contribution in [3.8, 4) is 6.01 Å². The first-order valence-electron chi connectivity index (χ1n) is 8.51. The van der Waals surface area contributed by atoms with Gasteiger partial charge in [-0.25, -0.2) is 0 Å². The van der Waals surface area contributed by atoms with Gasteiger partial charge in [-0.15, -0.1) is 0 Å². The number of piperidine rings is 1.